The summed E-state index contributed by atoms with van der Waals surface area (Å²) in [4.78, 5) is 4.24. The van der Waals surface area contributed by atoms with E-state index in [2.05, 4.69) is 37.9 Å². The second-order valence-corrected chi connectivity index (χ2v) is 7.91. The molecule has 0 radical (unpaired) electrons. The van der Waals surface area contributed by atoms with Gasteiger partial charge >= 0.3 is 0 Å². The summed E-state index contributed by atoms with van der Waals surface area (Å²) in [6, 6.07) is 0. The highest BCUT2D eigenvalue weighted by atomic mass is 31.1. The molecule has 0 saturated heterocycles. The van der Waals surface area contributed by atoms with Gasteiger partial charge in [0, 0.05) is 5.92 Å². The zero-order valence-corrected chi connectivity index (χ0v) is 10.6. The van der Waals surface area contributed by atoms with Crippen molar-refractivity contribution in [2.75, 3.05) is 0 Å². The second-order valence-electron chi connectivity index (χ2n) is 3.05. The summed E-state index contributed by atoms with van der Waals surface area (Å²) in [6.45, 7) is 4.06. The fourth-order valence-electron chi connectivity index (χ4n) is 0.645. The molecule has 1 aromatic heterocycles. The highest BCUT2D eigenvalue weighted by Crippen LogP contribution is 2.44. The van der Waals surface area contributed by atoms with E-state index in [1.54, 1.807) is 0 Å². The molecule has 3 nitrogen and oxygen atoms in total. The molecule has 68 valence electrons. The van der Waals surface area contributed by atoms with Gasteiger partial charge in [0.15, 0.2) is 5.82 Å². The summed E-state index contributed by atoms with van der Waals surface area (Å²) in [7, 11) is 7.82. The van der Waals surface area contributed by atoms with Gasteiger partial charge in [-0.1, -0.05) is 19.0 Å². The van der Waals surface area contributed by atoms with Crippen molar-refractivity contribution in [1.82, 2.24) is 10.1 Å². The van der Waals surface area contributed by atoms with E-state index in [1.807, 2.05) is 13.8 Å². The van der Waals surface area contributed by atoms with Crippen LogP contribution in [0, 0.1) is 0 Å². The molecule has 1 rings (SSSR count). The SMILES string of the molecule is CC(C)c1noc(C(P)(P)P)n1. The highest BCUT2D eigenvalue weighted by molar-refractivity contribution is 7.56. The molecule has 0 bridgehead atoms. The van der Waals surface area contributed by atoms with Crippen LogP contribution in [0.15, 0.2) is 4.52 Å². The van der Waals surface area contributed by atoms with Crippen LogP contribution in [0.2, 0.25) is 0 Å². The van der Waals surface area contributed by atoms with Crippen LogP contribution in [0.1, 0.15) is 31.5 Å². The minimum Gasteiger partial charge on any atom is -0.338 e. The van der Waals surface area contributed by atoms with E-state index in [1.165, 1.54) is 0 Å². The van der Waals surface area contributed by atoms with Crippen LogP contribution in [0.3, 0.4) is 0 Å². The molecule has 0 N–H and O–H groups in total. The summed E-state index contributed by atoms with van der Waals surface area (Å²) in [5, 5.41) is 3.86. The molecule has 3 unspecified atom stereocenters. The van der Waals surface area contributed by atoms with Crippen molar-refractivity contribution in [3.05, 3.63) is 11.7 Å². The Morgan fingerprint density at radius 2 is 1.92 bits per heavy atom. The van der Waals surface area contributed by atoms with Crippen LogP contribution in [-0.2, 0) is 4.64 Å². The molecular weight excluding hydrogens is 209 g/mol. The lowest BCUT2D eigenvalue weighted by Crippen LogP contribution is -1.98. The van der Waals surface area contributed by atoms with Crippen LogP contribution < -0.4 is 0 Å². The van der Waals surface area contributed by atoms with Crippen molar-refractivity contribution < 1.29 is 4.52 Å². The van der Waals surface area contributed by atoms with Crippen molar-refractivity contribution >= 4 is 27.7 Å². The van der Waals surface area contributed by atoms with E-state index in [0.717, 1.165) is 5.82 Å². The lowest BCUT2D eigenvalue weighted by Gasteiger charge is -2.10. The number of rotatable bonds is 2. The topological polar surface area (TPSA) is 38.9 Å². The van der Waals surface area contributed by atoms with Gasteiger partial charge in [-0.2, -0.15) is 4.98 Å². The molecule has 3 atom stereocenters. The van der Waals surface area contributed by atoms with Crippen LogP contribution >= 0.6 is 27.7 Å². The maximum absolute atomic E-state index is 5.07. The Labute approximate surface area is 79.1 Å². The number of aromatic nitrogens is 2. The Morgan fingerprint density at radius 3 is 2.17 bits per heavy atom. The first kappa shape index (κ1) is 10.5. The molecule has 12 heavy (non-hydrogen) atoms. The standard InChI is InChI=1S/C6H13N2OP3/c1-3(2)4-7-5(9-8-4)6(10,11)12/h3H,10-12H2,1-2H3. The van der Waals surface area contributed by atoms with Gasteiger partial charge < -0.3 is 4.52 Å². The fourth-order valence-corrected chi connectivity index (χ4v) is 0.997. The summed E-state index contributed by atoms with van der Waals surface area (Å²) in [5.41, 5.74) is 0. The molecular formula is C6H13N2OP3. The molecule has 6 heteroatoms. The van der Waals surface area contributed by atoms with Gasteiger partial charge in [-0.25, -0.2) is 0 Å². The smallest absolute Gasteiger partial charge is 0.244 e. The molecule has 0 saturated carbocycles. The zero-order chi connectivity index (χ0) is 9.35. The normalized spacial score (nSPS) is 12.5. The van der Waals surface area contributed by atoms with Crippen LogP contribution in [0.4, 0.5) is 0 Å². The van der Waals surface area contributed by atoms with Gasteiger partial charge in [-0.3, -0.25) is 0 Å². The largest absolute Gasteiger partial charge is 0.338 e. The molecule has 0 aliphatic heterocycles. The third-order valence-electron chi connectivity index (χ3n) is 1.33. The average molecular weight is 222 g/mol. The third-order valence-corrected chi connectivity index (χ3v) is 2.07. The van der Waals surface area contributed by atoms with E-state index in [-0.39, 0.29) is 4.64 Å². The van der Waals surface area contributed by atoms with Crippen LogP contribution in [0.5, 0.6) is 0 Å². The lowest BCUT2D eigenvalue weighted by atomic mass is 10.2. The molecule has 0 fully saturated rings. The minimum atomic E-state index is -0.292. The predicted molar refractivity (Wildman–Crippen MR) is 59.2 cm³/mol. The summed E-state index contributed by atoms with van der Waals surface area (Å²) in [6.07, 6.45) is 0. The monoisotopic (exact) mass is 222 g/mol. The molecule has 0 spiro atoms. The van der Waals surface area contributed by atoms with Gasteiger partial charge in [0.2, 0.25) is 5.89 Å². The van der Waals surface area contributed by atoms with Crippen molar-refractivity contribution in [3.8, 4) is 0 Å². The first-order valence-electron chi connectivity index (χ1n) is 3.62. The van der Waals surface area contributed by atoms with E-state index in [4.69, 9.17) is 4.52 Å². The minimum absolute atomic E-state index is 0.292. The first-order chi connectivity index (χ1) is 5.41. The van der Waals surface area contributed by atoms with Gasteiger partial charge in [0.25, 0.3) is 0 Å². The third kappa shape index (κ3) is 2.46. The lowest BCUT2D eigenvalue weighted by molar-refractivity contribution is 0.377. The first-order valence-corrected chi connectivity index (χ1v) is 5.35. The van der Waals surface area contributed by atoms with Crippen molar-refractivity contribution in [2.45, 2.75) is 24.4 Å². The Bertz CT molecular complexity index is 266. The molecule has 0 aliphatic carbocycles. The fraction of sp³-hybridized carbons (Fsp3) is 0.667. The maximum atomic E-state index is 5.07. The number of hydrogen-bond acceptors (Lipinski definition) is 3. The summed E-state index contributed by atoms with van der Waals surface area (Å²) < 4.78 is 4.78. The number of hydrogen-bond donors (Lipinski definition) is 0. The van der Waals surface area contributed by atoms with E-state index in [9.17, 15) is 0 Å². The van der Waals surface area contributed by atoms with Crippen molar-refractivity contribution in [2.24, 2.45) is 0 Å². The molecule has 1 aromatic rings. The highest BCUT2D eigenvalue weighted by Gasteiger charge is 2.22. The Balaban J connectivity index is 2.92. The average Bonchev–Trinajstić information content (AvgIpc) is 2.30. The molecule has 1 heterocycles. The van der Waals surface area contributed by atoms with Crippen LogP contribution in [0.25, 0.3) is 0 Å². The zero-order valence-electron chi connectivity index (χ0n) is 7.11. The maximum Gasteiger partial charge on any atom is 0.244 e. The van der Waals surface area contributed by atoms with E-state index in [0.29, 0.717) is 11.8 Å². The second kappa shape index (κ2) is 3.66. The quantitative estimate of drug-likeness (QED) is 0.717. The van der Waals surface area contributed by atoms with Gasteiger partial charge in [0.1, 0.15) is 0 Å². The predicted octanol–water partition coefficient (Wildman–Crippen LogP) is 1.93. The van der Waals surface area contributed by atoms with Crippen LogP contribution in [-0.4, -0.2) is 10.1 Å². The Hall–Kier alpha value is 0.430. The van der Waals surface area contributed by atoms with Crippen molar-refractivity contribution in [3.63, 3.8) is 0 Å². The molecule has 0 aromatic carbocycles. The van der Waals surface area contributed by atoms with Gasteiger partial charge in [0.05, 0.1) is 4.64 Å². The Morgan fingerprint density at radius 1 is 1.33 bits per heavy atom. The van der Waals surface area contributed by atoms with E-state index < -0.39 is 0 Å². The number of nitrogens with zero attached hydrogens (tertiary/aromatic N) is 2. The van der Waals surface area contributed by atoms with Gasteiger partial charge in [-0.05, 0) is 0 Å². The molecule has 0 amide bonds. The van der Waals surface area contributed by atoms with Gasteiger partial charge in [-0.15, -0.1) is 27.7 Å². The van der Waals surface area contributed by atoms with Crippen molar-refractivity contribution in [1.29, 1.82) is 0 Å². The van der Waals surface area contributed by atoms with E-state index >= 15 is 0 Å². The summed E-state index contributed by atoms with van der Waals surface area (Å²) >= 11 is 0. The molecule has 0 aliphatic rings. The Kier molecular flexibility index (Phi) is 3.21. The summed E-state index contributed by atoms with van der Waals surface area (Å²) in [5.74, 6) is 1.66.